The first-order chi connectivity index (χ1) is 8.52. The molecule has 0 saturated carbocycles. The number of carbonyl (C=O) groups excluding carboxylic acids is 1. The lowest BCUT2D eigenvalue weighted by Gasteiger charge is -2.12. The van der Waals surface area contributed by atoms with Gasteiger partial charge < -0.3 is 20.5 Å². The summed E-state index contributed by atoms with van der Waals surface area (Å²) in [6, 6.07) is 1.19. The van der Waals surface area contributed by atoms with Crippen LogP contribution in [0.15, 0.2) is 12.3 Å². The van der Waals surface area contributed by atoms with Crippen LogP contribution in [0.5, 0.6) is 0 Å². The van der Waals surface area contributed by atoms with Gasteiger partial charge in [0.05, 0.1) is 17.4 Å². The molecule has 0 aromatic carbocycles. The minimum Gasteiger partial charge on any atom is -0.396 e. The van der Waals surface area contributed by atoms with Crippen LogP contribution in [0.3, 0.4) is 0 Å². The number of hydrogen-bond acceptors (Lipinski definition) is 5. The Labute approximate surface area is 104 Å². The van der Waals surface area contributed by atoms with Crippen molar-refractivity contribution in [3.63, 3.8) is 0 Å². The Morgan fingerprint density at radius 3 is 3.00 bits per heavy atom. The van der Waals surface area contributed by atoms with Gasteiger partial charge in [-0.1, -0.05) is 0 Å². The van der Waals surface area contributed by atoms with Crippen LogP contribution in [0, 0.1) is 10.1 Å². The van der Waals surface area contributed by atoms with Gasteiger partial charge in [0.1, 0.15) is 6.54 Å². The zero-order valence-electron chi connectivity index (χ0n) is 10.1. The molecule has 18 heavy (non-hydrogen) atoms. The fourth-order valence-electron chi connectivity index (χ4n) is 1.47. The van der Waals surface area contributed by atoms with Gasteiger partial charge in [-0.25, -0.2) is 0 Å². The Kier molecular flexibility index (Phi) is 5.25. The van der Waals surface area contributed by atoms with E-state index in [-0.39, 0.29) is 30.9 Å². The number of nitrogens with zero attached hydrogens (tertiary/aromatic N) is 3. The van der Waals surface area contributed by atoms with Crippen LogP contribution in [0.2, 0.25) is 0 Å². The average Bonchev–Trinajstić information content (AvgIpc) is 2.74. The van der Waals surface area contributed by atoms with Gasteiger partial charge in [0.15, 0.2) is 0 Å². The van der Waals surface area contributed by atoms with E-state index in [2.05, 4.69) is 10.4 Å². The van der Waals surface area contributed by atoms with Gasteiger partial charge in [-0.2, -0.15) is 4.68 Å². The van der Waals surface area contributed by atoms with Crippen LogP contribution < -0.4 is 5.32 Å². The SMILES string of the molecule is CC(CCCO)NC(=O)Cn1ccc([N+](=O)[O-])n1. The fourth-order valence-corrected chi connectivity index (χ4v) is 1.47. The van der Waals surface area contributed by atoms with Crippen molar-refractivity contribution in [3.8, 4) is 0 Å². The Bertz CT molecular complexity index is 418. The molecule has 0 bridgehead atoms. The summed E-state index contributed by atoms with van der Waals surface area (Å²) in [6.45, 7) is 1.86. The van der Waals surface area contributed by atoms with Gasteiger partial charge in [0.2, 0.25) is 5.91 Å². The summed E-state index contributed by atoms with van der Waals surface area (Å²) < 4.78 is 1.21. The third-order valence-corrected chi connectivity index (χ3v) is 2.32. The van der Waals surface area contributed by atoms with E-state index in [4.69, 9.17) is 5.11 Å². The fraction of sp³-hybridized carbons (Fsp3) is 0.600. The van der Waals surface area contributed by atoms with Crippen molar-refractivity contribution in [1.82, 2.24) is 15.1 Å². The van der Waals surface area contributed by atoms with Gasteiger partial charge >= 0.3 is 5.82 Å². The van der Waals surface area contributed by atoms with Crippen molar-refractivity contribution in [2.45, 2.75) is 32.4 Å². The van der Waals surface area contributed by atoms with Gasteiger partial charge in [-0.3, -0.25) is 4.79 Å². The summed E-state index contributed by atoms with van der Waals surface area (Å²) in [6.07, 6.45) is 2.69. The predicted octanol–water partition coefficient (Wildman–Crippen LogP) is 0.0685. The molecule has 8 nitrogen and oxygen atoms in total. The van der Waals surface area contributed by atoms with Crippen molar-refractivity contribution >= 4 is 11.7 Å². The summed E-state index contributed by atoms with van der Waals surface area (Å²) in [7, 11) is 0. The summed E-state index contributed by atoms with van der Waals surface area (Å²) in [4.78, 5) is 21.3. The zero-order chi connectivity index (χ0) is 13.5. The molecule has 0 radical (unpaired) electrons. The Morgan fingerprint density at radius 1 is 1.72 bits per heavy atom. The molecule has 2 N–H and O–H groups in total. The minimum absolute atomic E-state index is 0.0461. The number of aromatic nitrogens is 2. The minimum atomic E-state index is -0.613. The molecular formula is C10H16N4O4. The van der Waals surface area contributed by atoms with Crippen molar-refractivity contribution in [1.29, 1.82) is 0 Å². The Hall–Kier alpha value is -1.96. The number of nitro groups is 1. The van der Waals surface area contributed by atoms with E-state index in [1.807, 2.05) is 6.92 Å². The molecule has 1 aromatic rings. The van der Waals surface area contributed by atoms with Crippen molar-refractivity contribution in [3.05, 3.63) is 22.4 Å². The number of carbonyl (C=O) groups is 1. The second-order valence-electron chi connectivity index (χ2n) is 3.96. The lowest BCUT2D eigenvalue weighted by Crippen LogP contribution is -2.35. The smallest absolute Gasteiger partial charge is 0.389 e. The lowest BCUT2D eigenvalue weighted by atomic mass is 10.2. The topological polar surface area (TPSA) is 110 Å². The molecule has 1 amide bonds. The number of amides is 1. The standard InChI is InChI=1S/C10H16N4O4/c1-8(3-2-6-15)11-10(16)7-13-5-4-9(12-13)14(17)18/h4-5,8,15H,2-3,6-7H2,1H3,(H,11,16). The molecule has 1 rings (SSSR count). The largest absolute Gasteiger partial charge is 0.396 e. The van der Waals surface area contributed by atoms with Gasteiger partial charge in [0, 0.05) is 12.6 Å². The molecule has 0 aliphatic heterocycles. The first-order valence-electron chi connectivity index (χ1n) is 5.61. The van der Waals surface area contributed by atoms with Crippen LogP contribution in [0.1, 0.15) is 19.8 Å². The molecule has 1 aromatic heterocycles. The number of aliphatic hydroxyl groups excluding tert-OH is 1. The van der Waals surface area contributed by atoms with E-state index >= 15 is 0 Å². The van der Waals surface area contributed by atoms with Crippen LogP contribution >= 0.6 is 0 Å². The summed E-state index contributed by atoms with van der Waals surface area (Å²) in [5.74, 6) is -0.547. The molecule has 0 saturated heterocycles. The molecule has 1 heterocycles. The van der Waals surface area contributed by atoms with E-state index in [0.29, 0.717) is 12.8 Å². The molecule has 8 heteroatoms. The van der Waals surface area contributed by atoms with Gasteiger partial charge in [-0.15, -0.1) is 0 Å². The molecule has 0 spiro atoms. The molecule has 100 valence electrons. The van der Waals surface area contributed by atoms with E-state index in [1.54, 1.807) is 0 Å². The van der Waals surface area contributed by atoms with Gasteiger partial charge in [0.25, 0.3) is 0 Å². The summed E-state index contributed by atoms with van der Waals surface area (Å²) in [5, 5.41) is 25.4. The third-order valence-electron chi connectivity index (χ3n) is 2.32. The number of hydrogen-bond donors (Lipinski definition) is 2. The molecular weight excluding hydrogens is 240 g/mol. The molecule has 0 aliphatic carbocycles. The predicted molar refractivity (Wildman–Crippen MR) is 62.8 cm³/mol. The number of aliphatic hydroxyl groups is 1. The maximum Gasteiger partial charge on any atom is 0.389 e. The first-order valence-corrected chi connectivity index (χ1v) is 5.61. The van der Waals surface area contributed by atoms with Gasteiger partial charge in [-0.05, 0) is 24.7 Å². The highest BCUT2D eigenvalue weighted by Crippen LogP contribution is 2.05. The molecule has 0 fully saturated rings. The molecule has 1 unspecified atom stereocenters. The summed E-state index contributed by atoms with van der Waals surface area (Å²) >= 11 is 0. The average molecular weight is 256 g/mol. The highest BCUT2D eigenvalue weighted by molar-refractivity contribution is 5.75. The number of rotatable bonds is 7. The quantitative estimate of drug-likeness (QED) is 0.529. The third kappa shape index (κ3) is 4.50. The van der Waals surface area contributed by atoms with Crippen molar-refractivity contribution < 1.29 is 14.8 Å². The van der Waals surface area contributed by atoms with E-state index in [9.17, 15) is 14.9 Å². The maximum absolute atomic E-state index is 11.6. The Morgan fingerprint density at radius 2 is 2.44 bits per heavy atom. The van der Waals surface area contributed by atoms with Crippen LogP contribution in [-0.2, 0) is 11.3 Å². The van der Waals surface area contributed by atoms with E-state index in [1.165, 1.54) is 16.9 Å². The number of nitrogens with one attached hydrogen (secondary N) is 1. The van der Waals surface area contributed by atoms with E-state index < -0.39 is 4.92 Å². The van der Waals surface area contributed by atoms with Crippen LogP contribution in [-0.4, -0.2) is 38.4 Å². The second-order valence-corrected chi connectivity index (χ2v) is 3.96. The second kappa shape index (κ2) is 6.70. The zero-order valence-corrected chi connectivity index (χ0v) is 10.1. The van der Waals surface area contributed by atoms with Crippen LogP contribution in [0.4, 0.5) is 5.82 Å². The maximum atomic E-state index is 11.6. The molecule has 1 atom stereocenters. The van der Waals surface area contributed by atoms with E-state index in [0.717, 1.165) is 0 Å². The summed E-state index contributed by atoms with van der Waals surface area (Å²) in [5.41, 5.74) is 0. The monoisotopic (exact) mass is 256 g/mol. The van der Waals surface area contributed by atoms with Crippen LogP contribution in [0.25, 0.3) is 0 Å². The normalized spacial score (nSPS) is 12.1. The van der Waals surface area contributed by atoms with Crippen molar-refractivity contribution in [2.75, 3.05) is 6.61 Å². The highest BCUT2D eigenvalue weighted by Gasteiger charge is 2.14. The highest BCUT2D eigenvalue weighted by atomic mass is 16.6. The van der Waals surface area contributed by atoms with Crippen molar-refractivity contribution in [2.24, 2.45) is 0 Å². The first kappa shape index (κ1) is 14.1. The Balaban J connectivity index is 2.41. The lowest BCUT2D eigenvalue weighted by molar-refractivity contribution is -0.389. The molecule has 0 aliphatic rings.